The molecule has 0 saturated heterocycles. The molecule has 146 valence electrons. The fourth-order valence-electron chi connectivity index (χ4n) is 7.88. The molecule has 8 bridgehead atoms. The van der Waals surface area contributed by atoms with Crippen LogP contribution in [0, 0.1) is 40.9 Å². The first-order valence-electron chi connectivity index (χ1n) is 10.8. The fourth-order valence-corrected chi connectivity index (χ4v) is 7.88. The summed E-state index contributed by atoms with van der Waals surface area (Å²) < 4.78 is 12.4. The molecule has 0 spiro atoms. The van der Waals surface area contributed by atoms with E-state index in [1.165, 1.54) is 25.7 Å². The van der Waals surface area contributed by atoms with E-state index >= 15 is 0 Å². The lowest BCUT2D eigenvalue weighted by molar-refractivity contribution is -0.373. The van der Waals surface area contributed by atoms with E-state index in [-0.39, 0.29) is 11.6 Å². The van der Waals surface area contributed by atoms with Crippen LogP contribution in [0.2, 0.25) is 0 Å². The molecule has 26 heavy (non-hydrogen) atoms. The van der Waals surface area contributed by atoms with Crippen molar-refractivity contribution >= 4 is 5.97 Å². The minimum atomic E-state index is -0.501. The molecule has 1 N–H and O–H groups in total. The van der Waals surface area contributed by atoms with Crippen LogP contribution in [-0.4, -0.2) is 28.6 Å². The molecule has 7 saturated carbocycles. The number of rotatable bonds is 5. The number of hydrogen-bond acceptors (Lipinski definition) is 4. The smallest absolute Gasteiger partial charge is 0.313 e. The third kappa shape index (κ3) is 2.06. The summed E-state index contributed by atoms with van der Waals surface area (Å²) >= 11 is 0. The summed E-state index contributed by atoms with van der Waals surface area (Å²) in [7, 11) is 0. The Morgan fingerprint density at radius 2 is 1.62 bits per heavy atom. The standard InChI is InChI=1S/C22H34O4/c1-5-20(3,4)19(23)25-12(2)26-22-11-14-6-15-17(22)8-13-9-18(22)16(7-14)21(15,24)10-13/h12-18,24H,5-11H2,1-4H3. The molecule has 0 radical (unpaired) electrons. The molecular formula is C22H34O4. The zero-order chi connectivity index (χ0) is 18.5. The molecule has 7 rings (SSSR count). The highest BCUT2D eigenvalue weighted by molar-refractivity contribution is 5.75. The van der Waals surface area contributed by atoms with Crippen molar-refractivity contribution in [3.05, 3.63) is 0 Å². The van der Waals surface area contributed by atoms with Crippen LogP contribution in [0.15, 0.2) is 0 Å². The quantitative estimate of drug-likeness (QED) is 0.595. The van der Waals surface area contributed by atoms with Gasteiger partial charge in [0.1, 0.15) is 0 Å². The van der Waals surface area contributed by atoms with Gasteiger partial charge in [0.15, 0.2) is 0 Å². The second-order valence-electron chi connectivity index (χ2n) is 10.8. The van der Waals surface area contributed by atoms with Crippen LogP contribution in [-0.2, 0) is 14.3 Å². The van der Waals surface area contributed by atoms with E-state index in [0.29, 0.717) is 35.5 Å². The number of aliphatic hydroxyl groups is 1. The van der Waals surface area contributed by atoms with Crippen molar-refractivity contribution in [2.75, 3.05) is 0 Å². The largest absolute Gasteiger partial charge is 0.436 e. The fraction of sp³-hybridized carbons (Fsp3) is 0.955. The highest BCUT2D eigenvalue weighted by Crippen LogP contribution is 2.74. The normalized spacial score (nSPS) is 51.7. The minimum Gasteiger partial charge on any atom is -0.436 e. The predicted octanol–water partition coefficient (Wildman–Crippen LogP) is 3.90. The van der Waals surface area contributed by atoms with Gasteiger partial charge in [0, 0.05) is 0 Å². The average Bonchev–Trinajstić information content (AvgIpc) is 2.58. The molecule has 0 aromatic carbocycles. The Bertz CT molecular complexity index is 602. The van der Waals surface area contributed by atoms with Gasteiger partial charge in [-0.15, -0.1) is 0 Å². The lowest BCUT2D eigenvalue weighted by Gasteiger charge is -2.76. The van der Waals surface area contributed by atoms with E-state index in [9.17, 15) is 9.90 Å². The van der Waals surface area contributed by atoms with E-state index in [4.69, 9.17) is 9.47 Å². The summed E-state index contributed by atoms with van der Waals surface area (Å²) in [5.74, 6) is 2.92. The molecule has 0 amide bonds. The van der Waals surface area contributed by atoms with Crippen molar-refractivity contribution in [3.63, 3.8) is 0 Å². The summed E-state index contributed by atoms with van der Waals surface area (Å²) in [6.45, 7) is 7.78. The van der Waals surface area contributed by atoms with Crippen LogP contribution in [0.4, 0.5) is 0 Å². The van der Waals surface area contributed by atoms with Crippen molar-refractivity contribution in [1.29, 1.82) is 0 Å². The van der Waals surface area contributed by atoms with Gasteiger partial charge in [0.05, 0.1) is 16.6 Å². The van der Waals surface area contributed by atoms with Crippen molar-refractivity contribution in [2.45, 2.75) is 90.1 Å². The van der Waals surface area contributed by atoms with E-state index in [2.05, 4.69) is 0 Å². The van der Waals surface area contributed by atoms with E-state index < -0.39 is 17.3 Å². The first-order valence-corrected chi connectivity index (χ1v) is 10.8. The number of ether oxygens (including phenoxy) is 2. The molecule has 0 aromatic heterocycles. The van der Waals surface area contributed by atoms with Crippen LogP contribution in [0.25, 0.3) is 0 Å². The Balaban J connectivity index is 1.40. The maximum atomic E-state index is 12.5. The molecule has 4 nitrogen and oxygen atoms in total. The Kier molecular flexibility index (Phi) is 3.53. The van der Waals surface area contributed by atoms with Crippen molar-refractivity contribution in [2.24, 2.45) is 40.9 Å². The summed E-state index contributed by atoms with van der Waals surface area (Å²) in [5, 5.41) is 11.5. The molecular weight excluding hydrogens is 328 g/mol. The lowest BCUT2D eigenvalue weighted by Crippen LogP contribution is -2.78. The van der Waals surface area contributed by atoms with E-state index in [0.717, 1.165) is 19.3 Å². The van der Waals surface area contributed by atoms with E-state index in [1.807, 2.05) is 27.7 Å². The second-order valence-corrected chi connectivity index (χ2v) is 10.8. The molecule has 5 unspecified atom stereocenters. The number of carbonyl (C=O) groups excluding carboxylic acids is 1. The van der Waals surface area contributed by atoms with Gasteiger partial charge in [-0.25, -0.2) is 0 Å². The molecule has 0 aromatic rings. The summed E-state index contributed by atoms with van der Waals surface area (Å²) in [6, 6.07) is 0. The van der Waals surface area contributed by atoms with Gasteiger partial charge >= 0.3 is 5.97 Å². The average molecular weight is 363 g/mol. The predicted molar refractivity (Wildman–Crippen MR) is 97.0 cm³/mol. The van der Waals surface area contributed by atoms with Crippen molar-refractivity contribution < 1.29 is 19.4 Å². The van der Waals surface area contributed by atoms with Gasteiger partial charge in [-0.1, -0.05) is 6.92 Å². The van der Waals surface area contributed by atoms with Gasteiger partial charge in [-0.2, -0.15) is 0 Å². The van der Waals surface area contributed by atoms with Crippen LogP contribution in [0.1, 0.15) is 72.6 Å². The molecule has 7 aliphatic carbocycles. The third-order valence-corrected chi connectivity index (χ3v) is 9.18. The summed E-state index contributed by atoms with van der Waals surface area (Å²) in [4.78, 5) is 12.5. The maximum Gasteiger partial charge on any atom is 0.313 e. The van der Waals surface area contributed by atoms with Gasteiger partial charge in [-0.05, 0) is 101 Å². The number of carbonyl (C=O) groups is 1. The van der Waals surface area contributed by atoms with Crippen LogP contribution in [0.3, 0.4) is 0 Å². The summed E-state index contributed by atoms with van der Waals surface area (Å²) in [6.07, 6.45) is 7.14. The van der Waals surface area contributed by atoms with Crippen LogP contribution >= 0.6 is 0 Å². The Hall–Kier alpha value is -0.610. The highest BCUT2D eigenvalue weighted by atomic mass is 16.7. The van der Waals surface area contributed by atoms with Crippen molar-refractivity contribution in [3.8, 4) is 0 Å². The molecule has 5 atom stereocenters. The molecule has 7 aliphatic rings. The highest BCUT2D eigenvalue weighted by Gasteiger charge is 2.76. The van der Waals surface area contributed by atoms with E-state index in [1.54, 1.807) is 0 Å². The maximum absolute atomic E-state index is 12.5. The lowest BCUT2D eigenvalue weighted by atomic mass is 9.32. The first-order chi connectivity index (χ1) is 12.2. The number of esters is 1. The monoisotopic (exact) mass is 362 g/mol. The molecule has 0 heterocycles. The summed E-state index contributed by atoms with van der Waals surface area (Å²) in [5.41, 5.74) is -1.05. The number of hydrogen-bond donors (Lipinski definition) is 1. The molecule has 4 heteroatoms. The van der Waals surface area contributed by atoms with Crippen LogP contribution in [0.5, 0.6) is 0 Å². The van der Waals surface area contributed by atoms with Gasteiger partial charge in [0.2, 0.25) is 6.29 Å². The molecule has 0 aliphatic heterocycles. The molecule has 7 fully saturated rings. The Morgan fingerprint density at radius 1 is 1.08 bits per heavy atom. The zero-order valence-electron chi connectivity index (χ0n) is 16.7. The zero-order valence-corrected chi connectivity index (χ0v) is 16.7. The first kappa shape index (κ1) is 17.5. The Labute approximate surface area is 157 Å². The van der Waals surface area contributed by atoms with Gasteiger partial charge < -0.3 is 14.6 Å². The third-order valence-electron chi connectivity index (χ3n) is 9.18. The van der Waals surface area contributed by atoms with Gasteiger partial charge in [0.25, 0.3) is 0 Å². The Morgan fingerprint density at radius 3 is 2.19 bits per heavy atom. The SMILES string of the molecule is CCC(C)(C)C(=O)OC(C)OC12CC3CC4C1CC1CC2C(C3)C4(O)C1. The van der Waals surface area contributed by atoms with Gasteiger partial charge in [-0.3, -0.25) is 4.79 Å². The van der Waals surface area contributed by atoms with Crippen LogP contribution < -0.4 is 0 Å². The van der Waals surface area contributed by atoms with Crippen molar-refractivity contribution in [1.82, 2.24) is 0 Å². The second kappa shape index (κ2) is 5.26. The topological polar surface area (TPSA) is 55.8 Å². The minimum absolute atomic E-state index is 0.157.